The highest BCUT2D eigenvalue weighted by atomic mass is 16.1. The van der Waals surface area contributed by atoms with Gasteiger partial charge in [-0.2, -0.15) is 0 Å². The molecule has 0 saturated heterocycles. The Morgan fingerprint density at radius 3 is 1.74 bits per heavy atom. The largest absolute Gasteiger partial charge is 0.356 e. The second-order valence-corrected chi connectivity index (χ2v) is 5.63. The van der Waals surface area contributed by atoms with E-state index in [9.17, 15) is 4.79 Å². The van der Waals surface area contributed by atoms with Crippen LogP contribution >= 0.6 is 0 Å². The molecule has 0 unspecified atom stereocenters. The smallest absolute Gasteiger partial charge is 0.223 e. The number of amides is 1. The van der Waals surface area contributed by atoms with Crippen molar-refractivity contribution in [1.29, 1.82) is 0 Å². The Bertz CT molecular complexity index is 199. The van der Waals surface area contributed by atoms with Gasteiger partial charge in [0.05, 0.1) is 0 Å². The first kappa shape index (κ1) is 18.5. The molecule has 0 aromatic rings. The molecule has 1 N–H and O–H groups in total. The van der Waals surface area contributed by atoms with Crippen LogP contribution in [-0.4, -0.2) is 12.5 Å². The maximum Gasteiger partial charge on any atom is 0.223 e. The molecule has 0 radical (unpaired) electrons. The molecule has 0 rings (SSSR count). The minimum Gasteiger partial charge on any atom is -0.356 e. The van der Waals surface area contributed by atoms with Crippen molar-refractivity contribution in [2.24, 2.45) is 5.92 Å². The molecule has 0 aromatic heterocycles. The van der Waals surface area contributed by atoms with Crippen LogP contribution < -0.4 is 5.32 Å². The van der Waals surface area contributed by atoms with Gasteiger partial charge in [0.2, 0.25) is 5.91 Å². The van der Waals surface area contributed by atoms with E-state index in [0.717, 1.165) is 25.8 Å². The van der Waals surface area contributed by atoms with Crippen LogP contribution in [0.2, 0.25) is 0 Å². The predicted molar refractivity (Wildman–Crippen MR) is 84.3 cm³/mol. The highest BCUT2D eigenvalue weighted by Gasteiger charge is 2.12. The molecule has 0 fully saturated rings. The number of nitrogens with one attached hydrogen (secondary N) is 1. The average Bonchev–Trinajstić information content (AvgIpc) is 2.42. The lowest BCUT2D eigenvalue weighted by Gasteiger charge is -2.12. The Balaban J connectivity index is 3.24. The molecule has 0 heterocycles. The van der Waals surface area contributed by atoms with Gasteiger partial charge in [-0.25, -0.2) is 0 Å². The molecule has 0 aromatic carbocycles. The third kappa shape index (κ3) is 11.0. The molecule has 0 spiro atoms. The minimum absolute atomic E-state index is 0.221. The average molecular weight is 269 g/mol. The molecule has 2 heteroatoms. The fraction of sp³-hybridized carbons (Fsp3) is 0.941. The van der Waals surface area contributed by atoms with E-state index in [0.29, 0.717) is 0 Å². The summed E-state index contributed by atoms with van der Waals surface area (Å²) >= 11 is 0. The van der Waals surface area contributed by atoms with Crippen molar-refractivity contribution in [1.82, 2.24) is 5.32 Å². The van der Waals surface area contributed by atoms with Gasteiger partial charge in [-0.1, -0.05) is 72.1 Å². The lowest BCUT2D eigenvalue weighted by atomic mass is 10.0. The minimum atomic E-state index is 0.221. The van der Waals surface area contributed by atoms with E-state index in [4.69, 9.17) is 0 Å². The Morgan fingerprint density at radius 1 is 0.789 bits per heavy atom. The zero-order valence-corrected chi connectivity index (χ0v) is 13.5. The van der Waals surface area contributed by atoms with Gasteiger partial charge in [0.15, 0.2) is 0 Å². The second kappa shape index (κ2) is 13.9. The molecule has 2 nitrogen and oxygen atoms in total. The van der Waals surface area contributed by atoms with Gasteiger partial charge in [-0.15, -0.1) is 0 Å². The molecule has 1 amide bonds. The summed E-state index contributed by atoms with van der Waals surface area (Å²) in [6.07, 6.45) is 13.9. The standard InChI is InChI=1S/C17H35NO/c1-4-7-8-9-10-11-12-13-14-15-18-17(19)16(5-2)6-3/h16H,4-15H2,1-3H3,(H,18,19). The summed E-state index contributed by atoms with van der Waals surface area (Å²) in [7, 11) is 0. The zero-order valence-electron chi connectivity index (χ0n) is 13.5. The van der Waals surface area contributed by atoms with Crippen molar-refractivity contribution in [2.45, 2.75) is 91.4 Å². The molecule has 0 atom stereocenters. The summed E-state index contributed by atoms with van der Waals surface area (Å²) in [5.41, 5.74) is 0. The Kier molecular flexibility index (Phi) is 13.5. The van der Waals surface area contributed by atoms with Crippen LogP contribution in [0.4, 0.5) is 0 Å². The molecule has 0 bridgehead atoms. The molecule has 19 heavy (non-hydrogen) atoms. The molecular weight excluding hydrogens is 234 g/mol. The molecule has 0 aliphatic carbocycles. The number of hydrogen-bond donors (Lipinski definition) is 1. The lowest BCUT2D eigenvalue weighted by molar-refractivity contribution is -0.125. The summed E-state index contributed by atoms with van der Waals surface area (Å²) in [4.78, 5) is 11.7. The normalized spacial score (nSPS) is 10.9. The van der Waals surface area contributed by atoms with Gasteiger partial charge in [0.25, 0.3) is 0 Å². The molecule has 114 valence electrons. The number of hydrogen-bond acceptors (Lipinski definition) is 1. The van der Waals surface area contributed by atoms with E-state index < -0.39 is 0 Å². The first-order chi connectivity index (χ1) is 9.26. The SMILES string of the molecule is CCCCCCCCCCCNC(=O)C(CC)CC. The number of unbranched alkanes of at least 4 members (excludes halogenated alkanes) is 8. The fourth-order valence-corrected chi connectivity index (χ4v) is 2.45. The van der Waals surface area contributed by atoms with E-state index in [1.807, 2.05) is 0 Å². The highest BCUT2D eigenvalue weighted by Crippen LogP contribution is 2.10. The number of carbonyl (C=O) groups is 1. The summed E-state index contributed by atoms with van der Waals surface area (Å²) < 4.78 is 0. The van der Waals surface area contributed by atoms with Crippen molar-refractivity contribution in [2.75, 3.05) is 6.54 Å². The van der Waals surface area contributed by atoms with Crippen LogP contribution in [0, 0.1) is 5.92 Å². The Morgan fingerprint density at radius 2 is 1.26 bits per heavy atom. The van der Waals surface area contributed by atoms with Gasteiger partial charge in [0.1, 0.15) is 0 Å². The Hall–Kier alpha value is -0.530. The molecule has 0 saturated carbocycles. The van der Waals surface area contributed by atoms with Crippen LogP contribution in [-0.2, 0) is 4.79 Å². The Labute approximate surface area is 120 Å². The van der Waals surface area contributed by atoms with Crippen LogP contribution in [0.3, 0.4) is 0 Å². The van der Waals surface area contributed by atoms with E-state index in [1.165, 1.54) is 51.4 Å². The maximum atomic E-state index is 11.7. The van der Waals surface area contributed by atoms with E-state index in [1.54, 1.807) is 0 Å². The van der Waals surface area contributed by atoms with Crippen molar-refractivity contribution >= 4 is 5.91 Å². The monoisotopic (exact) mass is 269 g/mol. The molecule has 0 aliphatic heterocycles. The predicted octanol–water partition coefficient (Wildman–Crippen LogP) is 5.07. The fourth-order valence-electron chi connectivity index (χ4n) is 2.45. The second-order valence-electron chi connectivity index (χ2n) is 5.63. The first-order valence-electron chi connectivity index (χ1n) is 8.53. The zero-order chi connectivity index (χ0) is 14.3. The number of rotatable bonds is 13. The van der Waals surface area contributed by atoms with Crippen molar-refractivity contribution in [3.8, 4) is 0 Å². The van der Waals surface area contributed by atoms with Crippen LogP contribution in [0.5, 0.6) is 0 Å². The molecule has 0 aliphatic rings. The van der Waals surface area contributed by atoms with E-state index >= 15 is 0 Å². The summed E-state index contributed by atoms with van der Waals surface area (Å²) in [6, 6.07) is 0. The number of carbonyl (C=O) groups excluding carboxylic acids is 1. The van der Waals surface area contributed by atoms with Gasteiger partial charge in [0, 0.05) is 12.5 Å². The maximum absolute atomic E-state index is 11.7. The van der Waals surface area contributed by atoms with Crippen molar-refractivity contribution in [3.05, 3.63) is 0 Å². The van der Waals surface area contributed by atoms with Gasteiger partial charge in [-0.05, 0) is 19.3 Å². The van der Waals surface area contributed by atoms with Crippen molar-refractivity contribution in [3.63, 3.8) is 0 Å². The van der Waals surface area contributed by atoms with Crippen LogP contribution in [0.15, 0.2) is 0 Å². The lowest BCUT2D eigenvalue weighted by Crippen LogP contribution is -2.30. The van der Waals surface area contributed by atoms with Gasteiger partial charge < -0.3 is 5.32 Å². The third-order valence-corrected chi connectivity index (χ3v) is 3.94. The quantitative estimate of drug-likeness (QED) is 0.465. The van der Waals surface area contributed by atoms with Crippen molar-refractivity contribution < 1.29 is 4.79 Å². The molecular formula is C17H35NO. The summed E-state index contributed by atoms with van der Waals surface area (Å²) in [5, 5.41) is 3.06. The highest BCUT2D eigenvalue weighted by molar-refractivity contribution is 5.78. The first-order valence-corrected chi connectivity index (χ1v) is 8.53. The van der Waals surface area contributed by atoms with Gasteiger partial charge >= 0.3 is 0 Å². The van der Waals surface area contributed by atoms with Crippen LogP contribution in [0.1, 0.15) is 91.4 Å². The van der Waals surface area contributed by atoms with E-state index in [-0.39, 0.29) is 11.8 Å². The third-order valence-electron chi connectivity index (χ3n) is 3.94. The van der Waals surface area contributed by atoms with Gasteiger partial charge in [-0.3, -0.25) is 4.79 Å². The summed E-state index contributed by atoms with van der Waals surface area (Å²) in [6.45, 7) is 7.31. The topological polar surface area (TPSA) is 29.1 Å². The van der Waals surface area contributed by atoms with Crippen LogP contribution in [0.25, 0.3) is 0 Å². The van der Waals surface area contributed by atoms with E-state index in [2.05, 4.69) is 26.1 Å². The summed E-state index contributed by atoms with van der Waals surface area (Å²) in [5.74, 6) is 0.475.